The average Bonchev–Trinajstić information content (AvgIpc) is 3.58. The summed E-state index contributed by atoms with van der Waals surface area (Å²) in [5, 5.41) is 4.51. The third kappa shape index (κ3) is 5.59. The molecule has 0 unspecified atom stereocenters. The van der Waals surface area contributed by atoms with Gasteiger partial charge in [-0.1, -0.05) is 77.7 Å². The zero-order valence-corrected chi connectivity index (χ0v) is 26.6. The number of carbonyl (C=O) groups excluding carboxylic acids is 4. The van der Waals surface area contributed by atoms with Gasteiger partial charge in [0.1, 0.15) is 11.0 Å². The molecular formula is C35H27N3O7S2. The number of aromatic nitrogens is 1. The predicted molar refractivity (Wildman–Crippen MR) is 179 cm³/mol. The van der Waals surface area contributed by atoms with Crippen LogP contribution in [0.2, 0.25) is 0 Å². The van der Waals surface area contributed by atoms with Crippen LogP contribution in [0.1, 0.15) is 33.6 Å². The number of H-pyrrole nitrogens is 1. The zero-order valence-electron chi connectivity index (χ0n) is 24.9. The fourth-order valence-electron chi connectivity index (χ4n) is 6.10. The van der Waals surface area contributed by atoms with Crippen molar-refractivity contribution in [3.05, 3.63) is 117 Å². The third-order valence-corrected chi connectivity index (χ3v) is 10.5. The van der Waals surface area contributed by atoms with Gasteiger partial charge in [-0.25, -0.2) is 9.69 Å². The Morgan fingerprint density at radius 1 is 0.894 bits per heavy atom. The fourth-order valence-corrected chi connectivity index (χ4v) is 8.61. The van der Waals surface area contributed by atoms with E-state index in [2.05, 4.69) is 10.3 Å². The second-order valence-corrected chi connectivity index (χ2v) is 13.1. The lowest BCUT2D eigenvalue weighted by Crippen LogP contribution is -2.32. The lowest BCUT2D eigenvalue weighted by Gasteiger charge is -2.30. The highest BCUT2D eigenvalue weighted by molar-refractivity contribution is 8.00. The van der Waals surface area contributed by atoms with Crippen LogP contribution in [-0.4, -0.2) is 47.1 Å². The molecule has 1 saturated heterocycles. The van der Waals surface area contributed by atoms with E-state index in [1.165, 1.54) is 12.1 Å². The van der Waals surface area contributed by atoms with Crippen LogP contribution < -0.4 is 19.8 Å². The first-order chi connectivity index (χ1) is 22.8. The SMILES string of the molecule is CCOC(=O)c1ccc(N2C(=O)[C@H]3[C@H](c4ccccc4OCC(=O)Nc4cccc5ccccc45)c4sc(=O)[nH]c4S[C@H]3C2=O)cc1. The van der Waals surface area contributed by atoms with Crippen molar-refractivity contribution >= 4 is 68.9 Å². The molecule has 7 rings (SSSR count). The molecule has 1 aromatic heterocycles. The summed E-state index contributed by atoms with van der Waals surface area (Å²) in [5.41, 5.74) is 1.87. The number of fused-ring (bicyclic) bond motifs is 3. The fraction of sp³-hybridized carbons (Fsp3) is 0.171. The summed E-state index contributed by atoms with van der Waals surface area (Å²) in [6.45, 7) is 1.62. The molecule has 236 valence electrons. The molecule has 5 aromatic rings. The van der Waals surface area contributed by atoms with Gasteiger partial charge in [-0.15, -0.1) is 0 Å². The van der Waals surface area contributed by atoms with Gasteiger partial charge in [-0.05, 0) is 48.7 Å². The van der Waals surface area contributed by atoms with Crippen LogP contribution in [0.4, 0.5) is 11.4 Å². The minimum Gasteiger partial charge on any atom is -0.483 e. The van der Waals surface area contributed by atoms with Gasteiger partial charge in [0.15, 0.2) is 6.61 Å². The predicted octanol–water partition coefficient (Wildman–Crippen LogP) is 5.58. The van der Waals surface area contributed by atoms with E-state index in [-0.39, 0.29) is 24.0 Å². The van der Waals surface area contributed by atoms with Gasteiger partial charge in [-0.3, -0.25) is 19.2 Å². The van der Waals surface area contributed by atoms with E-state index in [1.807, 2.05) is 42.5 Å². The van der Waals surface area contributed by atoms with Crippen molar-refractivity contribution < 1.29 is 28.7 Å². The van der Waals surface area contributed by atoms with Crippen molar-refractivity contribution in [2.45, 2.75) is 23.1 Å². The molecule has 2 N–H and O–H groups in total. The monoisotopic (exact) mass is 665 g/mol. The van der Waals surface area contributed by atoms with Gasteiger partial charge >= 0.3 is 10.8 Å². The molecule has 2 aliphatic heterocycles. The van der Waals surface area contributed by atoms with Crippen molar-refractivity contribution in [3.8, 4) is 5.75 Å². The highest BCUT2D eigenvalue weighted by atomic mass is 32.2. The topological polar surface area (TPSA) is 135 Å². The summed E-state index contributed by atoms with van der Waals surface area (Å²) in [6, 6.07) is 26.5. The molecule has 10 nitrogen and oxygen atoms in total. The molecule has 4 aromatic carbocycles. The molecule has 0 spiro atoms. The number of esters is 1. The summed E-state index contributed by atoms with van der Waals surface area (Å²) in [5.74, 6) is -2.92. The van der Waals surface area contributed by atoms with Gasteiger partial charge in [0.05, 0.1) is 28.8 Å². The number of para-hydroxylation sites is 1. The van der Waals surface area contributed by atoms with Crippen molar-refractivity contribution in [2.24, 2.45) is 5.92 Å². The van der Waals surface area contributed by atoms with Crippen LogP contribution in [0.5, 0.6) is 5.75 Å². The number of rotatable bonds is 8. The van der Waals surface area contributed by atoms with E-state index in [0.717, 1.165) is 38.8 Å². The maximum Gasteiger partial charge on any atom is 0.338 e. The van der Waals surface area contributed by atoms with Gasteiger partial charge in [0.2, 0.25) is 11.8 Å². The minimum atomic E-state index is -0.856. The van der Waals surface area contributed by atoms with Crippen LogP contribution in [0.15, 0.2) is 101 Å². The Hall–Kier alpha value is -5.20. The van der Waals surface area contributed by atoms with E-state index >= 15 is 0 Å². The van der Waals surface area contributed by atoms with Gasteiger partial charge in [0.25, 0.3) is 5.91 Å². The molecule has 3 amide bonds. The van der Waals surface area contributed by atoms with Crippen molar-refractivity contribution in [1.29, 1.82) is 0 Å². The number of ether oxygens (including phenoxy) is 2. The van der Waals surface area contributed by atoms with Crippen molar-refractivity contribution in [3.63, 3.8) is 0 Å². The first kappa shape index (κ1) is 30.5. The molecule has 12 heteroatoms. The van der Waals surface area contributed by atoms with E-state index in [9.17, 15) is 24.0 Å². The van der Waals surface area contributed by atoms with Crippen LogP contribution in [0.25, 0.3) is 10.8 Å². The van der Waals surface area contributed by atoms with Gasteiger partial charge < -0.3 is 19.8 Å². The summed E-state index contributed by atoms with van der Waals surface area (Å²) >= 11 is 2.15. The second-order valence-electron chi connectivity index (χ2n) is 10.9. The largest absolute Gasteiger partial charge is 0.483 e. The quantitative estimate of drug-likeness (QED) is 0.162. The first-order valence-electron chi connectivity index (χ1n) is 14.9. The molecule has 0 bridgehead atoms. The van der Waals surface area contributed by atoms with Gasteiger partial charge in [0, 0.05) is 27.4 Å². The lowest BCUT2D eigenvalue weighted by atomic mass is 9.82. The molecule has 1 fully saturated rings. The Morgan fingerprint density at radius 3 is 2.45 bits per heavy atom. The van der Waals surface area contributed by atoms with E-state index in [0.29, 0.717) is 38.2 Å². The second kappa shape index (κ2) is 12.5. The summed E-state index contributed by atoms with van der Waals surface area (Å²) < 4.78 is 11.1. The number of amides is 3. The maximum absolute atomic E-state index is 14.2. The molecule has 3 atom stereocenters. The first-order valence-corrected chi connectivity index (χ1v) is 16.6. The number of thioether (sulfide) groups is 1. The lowest BCUT2D eigenvalue weighted by molar-refractivity contribution is -0.122. The Kier molecular flexibility index (Phi) is 8.12. The molecule has 2 aliphatic rings. The van der Waals surface area contributed by atoms with E-state index in [1.54, 1.807) is 43.3 Å². The third-order valence-electron chi connectivity index (χ3n) is 8.14. The Labute approximate surface area is 276 Å². The number of anilines is 2. The molecule has 0 radical (unpaired) electrons. The number of imide groups is 1. The summed E-state index contributed by atoms with van der Waals surface area (Å²) in [4.78, 5) is 70.1. The molecular weight excluding hydrogens is 639 g/mol. The Morgan fingerprint density at radius 2 is 1.64 bits per heavy atom. The van der Waals surface area contributed by atoms with Crippen molar-refractivity contribution in [2.75, 3.05) is 23.4 Å². The number of benzene rings is 4. The normalized spacial score (nSPS) is 18.5. The van der Waals surface area contributed by atoms with Crippen LogP contribution in [0.3, 0.4) is 0 Å². The Balaban J connectivity index is 1.18. The standard InChI is InChI=1S/C35H27N3O7S2/c1-2-44-34(42)20-14-16-21(17-15-20)38-32(40)28-27(29-31(37-35(43)47-29)46-30(28)33(38)41)23-11-5-6-13-25(23)45-18-26(39)36-24-12-7-9-19-8-3-4-10-22(19)24/h3-17,27-28,30H,2,18H2,1H3,(H,36,39)(H,37,43)/t27-,28-,30+/m0/s1. The number of thiazole rings is 1. The van der Waals surface area contributed by atoms with Crippen LogP contribution in [-0.2, 0) is 19.1 Å². The van der Waals surface area contributed by atoms with E-state index < -0.39 is 34.9 Å². The van der Waals surface area contributed by atoms with Crippen LogP contribution in [0, 0.1) is 5.92 Å². The number of nitrogens with one attached hydrogen (secondary N) is 2. The van der Waals surface area contributed by atoms with E-state index in [4.69, 9.17) is 9.47 Å². The highest BCUT2D eigenvalue weighted by Crippen LogP contribution is 2.54. The zero-order chi connectivity index (χ0) is 32.7. The number of carbonyl (C=O) groups is 4. The molecule has 0 saturated carbocycles. The number of nitrogens with zero attached hydrogens (tertiary/aromatic N) is 1. The van der Waals surface area contributed by atoms with Crippen LogP contribution >= 0.6 is 23.1 Å². The summed E-state index contributed by atoms with van der Waals surface area (Å²) in [7, 11) is 0. The maximum atomic E-state index is 14.2. The number of aromatic amines is 1. The molecule has 3 heterocycles. The number of hydrogen-bond acceptors (Lipinski definition) is 9. The Bertz CT molecular complexity index is 2100. The molecule has 47 heavy (non-hydrogen) atoms. The van der Waals surface area contributed by atoms with Crippen molar-refractivity contribution in [1.82, 2.24) is 4.98 Å². The number of hydrogen-bond donors (Lipinski definition) is 2. The summed E-state index contributed by atoms with van der Waals surface area (Å²) in [6.07, 6.45) is 0. The molecule has 0 aliphatic carbocycles. The minimum absolute atomic E-state index is 0.220. The highest BCUT2D eigenvalue weighted by Gasteiger charge is 2.56. The average molecular weight is 666 g/mol. The smallest absolute Gasteiger partial charge is 0.338 e. The van der Waals surface area contributed by atoms with Gasteiger partial charge in [-0.2, -0.15) is 0 Å².